The van der Waals surface area contributed by atoms with Crippen LogP contribution in [0, 0.1) is 29.6 Å². The summed E-state index contributed by atoms with van der Waals surface area (Å²) < 4.78 is 11.7. The van der Waals surface area contributed by atoms with Crippen LogP contribution in [-0.4, -0.2) is 137 Å². The molecule has 64 heavy (non-hydrogen) atoms. The van der Waals surface area contributed by atoms with Gasteiger partial charge in [0.25, 0.3) is 0 Å². The van der Waals surface area contributed by atoms with Crippen molar-refractivity contribution in [3.63, 3.8) is 0 Å². The third kappa shape index (κ3) is 14.6. The first-order chi connectivity index (χ1) is 30.0. The number of esters is 2. The van der Waals surface area contributed by atoms with E-state index < -0.39 is 126 Å². The largest absolute Gasteiger partial charge is 0.458 e. The molecule has 10 unspecified atom stereocenters. The molecule has 0 aromatic heterocycles. The molecule has 0 radical (unpaired) electrons. The molecule has 358 valence electrons. The highest BCUT2D eigenvalue weighted by molar-refractivity contribution is 6.05. The van der Waals surface area contributed by atoms with E-state index in [0.29, 0.717) is 18.4 Å². The standard InChI is InChI=1S/C47H74N6O11/c1-25(2)21-32(48-11)43(58)51-39-30(10)63-47(62)35(23-31-17-14-13-15-18-31)52(12)46(61)34-19-16-20-53(34)45(60)33(22-26(3)4)49-42(57)29(9)40(56)41(28(7)8)64-37(55)24-36(54)38(27(5)6)50-44(39)59/h13-15,17-18,25-30,32-36,38-39,41,48,54H,16,19-24H2,1-12H3,(H,49,57)(H,50,59)(H,51,58). The second-order valence-electron chi connectivity index (χ2n) is 19.0. The zero-order chi connectivity index (χ0) is 48.2. The van der Waals surface area contributed by atoms with Crippen molar-refractivity contribution in [3.05, 3.63) is 35.9 Å². The number of fused-ring (bicyclic) bond motifs is 1. The zero-order valence-corrected chi connectivity index (χ0v) is 39.8. The fourth-order valence-electron chi connectivity index (χ4n) is 8.24. The summed E-state index contributed by atoms with van der Waals surface area (Å²) in [5.74, 6) is -8.21. The molecule has 2 aliphatic rings. The molecule has 2 aliphatic heterocycles. The summed E-state index contributed by atoms with van der Waals surface area (Å²) in [5, 5.41) is 22.7. The number of amides is 5. The molecule has 0 spiro atoms. The molecule has 17 heteroatoms. The number of hydrogen-bond acceptors (Lipinski definition) is 12. The first-order valence-corrected chi connectivity index (χ1v) is 22.8. The van der Waals surface area contributed by atoms with Crippen molar-refractivity contribution in [2.24, 2.45) is 29.6 Å². The Morgan fingerprint density at radius 2 is 1.50 bits per heavy atom. The molecular formula is C47H74N6O11. The van der Waals surface area contributed by atoms with Gasteiger partial charge in [-0.3, -0.25) is 33.6 Å². The molecule has 10 atom stereocenters. The molecule has 5 N–H and O–H groups in total. The molecule has 17 nitrogen and oxygen atoms in total. The molecule has 0 saturated carbocycles. The smallest absolute Gasteiger partial charge is 0.329 e. The fourth-order valence-corrected chi connectivity index (χ4v) is 8.24. The third-order valence-electron chi connectivity index (χ3n) is 12.0. The monoisotopic (exact) mass is 899 g/mol. The van der Waals surface area contributed by atoms with Crippen molar-refractivity contribution < 1.29 is 52.9 Å². The summed E-state index contributed by atoms with van der Waals surface area (Å²) >= 11 is 0. The number of nitrogens with one attached hydrogen (secondary N) is 4. The number of hydrogen-bond donors (Lipinski definition) is 5. The third-order valence-corrected chi connectivity index (χ3v) is 12.0. The average molecular weight is 899 g/mol. The lowest BCUT2D eigenvalue weighted by molar-refractivity contribution is -0.163. The Morgan fingerprint density at radius 3 is 2.06 bits per heavy atom. The second kappa shape index (κ2) is 24.4. The fraction of sp³-hybridized carbons (Fsp3) is 0.702. The van der Waals surface area contributed by atoms with Crippen LogP contribution in [0.15, 0.2) is 30.3 Å². The van der Waals surface area contributed by atoms with E-state index >= 15 is 0 Å². The van der Waals surface area contributed by atoms with Crippen LogP contribution in [0.3, 0.4) is 0 Å². The predicted molar refractivity (Wildman–Crippen MR) is 239 cm³/mol. The van der Waals surface area contributed by atoms with Crippen LogP contribution in [-0.2, 0) is 54.3 Å². The number of likely N-dealkylation sites (N-methyl/N-ethyl adjacent to an activating group) is 2. The van der Waals surface area contributed by atoms with Gasteiger partial charge in [-0.15, -0.1) is 0 Å². The number of Topliss-reactive ketones (excluding diaryl/α,β-unsaturated/α-hetero) is 1. The zero-order valence-electron chi connectivity index (χ0n) is 39.8. The lowest BCUT2D eigenvalue weighted by atomic mass is 9.92. The van der Waals surface area contributed by atoms with Crippen molar-refractivity contribution in [2.45, 2.75) is 162 Å². The molecular weight excluding hydrogens is 825 g/mol. The van der Waals surface area contributed by atoms with Crippen LogP contribution >= 0.6 is 0 Å². The minimum absolute atomic E-state index is 0.00176. The van der Waals surface area contributed by atoms with E-state index in [9.17, 15) is 43.5 Å². The van der Waals surface area contributed by atoms with Gasteiger partial charge in [0.15, 0.2) is 11.9 Å². The van der Waals surface area contributed by atoms with Crippen LogP contribution in [0.5, 0.6) is 0 Å². The van der Waals surface area contributed by atoms with Gasteiger partial charge < -0.3 is 45.6 Å². The molecule has 0 bridgehead atoms. The minimum Gasteiger partial charge on any atom is -0.458 e. The number of aliphatic hydroxyl groups excluding tert-OH is 1. The van der Waals surface area contributed by atoms with Gasteiger partial charge in [0, 0.05) is 20.0 Å². The Labute approximate surface area is 378 Å². The van der Waals surface area contributed by atoms with Gasteiger partial charge in [-0.1, -0.05) is 85.7 Å². The van der Waals surface area contributed by atoms with Crippen LogP contribution in [0.1, 0.15) is 107 Å². The van der Waals surface area contributed by atoms with Crippen LogP contribution < -0.4 is 21.3 Å². The Kier molecular flexibility index (Phi) is 20.4. The maximum Gasteiger partial charge on any atom is 0.329 e. The van der Waals surface area contributed by atoms with Crippen molar-refractivity contribution >= 4 is 47.3 Å². The number of carbonyl (C=O) groups is 8. The van der Waals surface area contributed by atoms with Crippen molar-refractivity contribution in [3.8, 4) is 0 Å². The first-order valence-electron chi connectivity index (χ1n) is 22.8. The van der Waals surface area contributed by atoms with Gasteiger partial charge in [0.1, 0.15) is 30.3 Å². The summed E-state index contributed by atoms with van der Waals surface area (Å²) in [6, 6.07) is 2.22. The summed E-state index contributed by atoms with van der Waals surface area (Å²) in [6.45, 7) is 17.3. The van der Waals surface area contributed by atoms with E-state index in [-0.39, 0.29) is 37.6 Å². The van der Waals surface area contributed by atoms with Gasteiger partial charge in [-0.05, 0) is 75.8 Å². The van der Waals surface area contributed by atoms with E-state index in [0.717, 1.165) is 0 Å². The number of carbonyl (C=O) groups excluding carboxylic acids is 8. The van der Waals surface area contributed by atoms with Gasteiger partial charge in [-0.2, -0.15) is 0 Å². The van der Waals surface area contributed by atoms with Crippen LogP contribution in [0.4, 0.5) is 0 Å². The van der Waals surface area contributed by atoms with Gasteiger partial charge >= 0.3 is 11.9 Å². The maximum atomic E-state index is 14.6. The lowest BCUT2D eigenvalue weighted by Gasteiger charge is -2.35. The highest BCUT2D eigenvalue weighted by atomic mass is 16.6. The van der Waals surface area contributed by atoms with E-state index in [2.05, 4.69) is 21.3 Å². The Bertz CT molecular complexity index is 1790. The molecule has 5 amide bonds. The molecule has 2 fully saturated rings. The number of cyclic esters (lactones) is 2. The second-order valence-corrected chi connectivity index (χ2v) is 19.0. The Balaban J connectivity index is 2.19. The maximum absolute atomic E-state index is 14.6. The number of ketones is 1. The predicted octanol–water partition coefficient (Wildman–Crippen LogP) is 2.31. The Morgan fingerprint density at radius 1 is 0.859 bits per heavy atom. The van der Waals surface area contributed by atoms with E-state index in [1.165, 1.54) is 30.7 Å². The number of ether oxygens (including phenoxy) is 2. The molecule has 2 heterocycles. The van der Waals surface area contributed by atoms with Crippen LogP contribution in [0.25, 0.3) is 0 Å². The number of aliphatic hydroxyl groups is 1. The van der Waals surface area contributed by atoms with Gasteiger partial charge in [0.05, 0.1) is 30.5 Å². The van der Waals surface area contributed by atoms with Gasteiger partial charge in [0.2, 0.25) is 29.5 Å². The Hall–Kier alpha value is -4.90. The summed E-state index contributed by atoms with van der Waals surface area (Å²) in [6.07, 6.45) is -3.59. The highest BCUT2D eigenvalue weighted by Crippen LogP contribution is 2.25. The highest BCUT2D eigenvalue weighted by Gasteiger charge is 2.44. The number of rotatable bonds is 11. The van der Waals surface area contributed by atoms with E-state index in [1.807, 2.05) is 27.7 Å². The molecule has 3 rings (SSSR count). The van der Waals surface area contributed by atoms with E-state index in [1.54, 1.807) is 65.1 Å². The SMILES string of the molecule is CNC(CC(C)C)C(=O)NC1C(=O)NC(C(C)C)C(O)CC(=O)OC(C(C)C)C(=O)C(C)C(=O)NC(CC(C)C)C(=O)N2CCCC2C(=O)N(C)C(Cc2ccccc2)C(=O)OC1C. The van der Waals surface area contributed by atoms with Gasteiger partial charge in [-0.25, -0.2) is 4.79 Å². The molecule has 0 aliphatic carbocycles. The normalized spacial score (nSPS) is 28.2. The summed E-state index contributed by atoms with van der Waals surface area (Å²) in [7, 11) is 3.06. The van der Waals surface area contributed by atoms with Crippen molar-refractivity contribution in [1.82, 2.24) is 31.1 Å². The quantitative estimate of drug-likeness (QED) is 0.159. The first kappa shape index (κ1) is 53.4. The topological polar surface area (TPSA) is 230 Å². The average Bonchev–Trinajstić information content (AvgIpc) is 3.72. The molecule has 1 aromatic carbocycles. The van der Waals surface area contributed by atoms with Crippen molar-refractivity contribution in [1.29, 1.82) is 0 Å². The van der Waals surface area contributed by atoms with Crippen molar-refractivity contribution in [2.75, 3.05) is 20.6 Å². The number of nitrogens with zero attached hydrogens (tertiary/aromatic N) is 2. The number of benzene rings is 1. The van der Waals surface area contributed by atoms with E-state index in [4.69, 9.17) is 9.47 Å². The minimum atomic E-state index is -1.55. The molecule has 2 saturated heterocycles. The molecule has 1 aromatic rings. The lowest BCUT2D eigenvalue weighted by Crippen LogP contribution is -2.61. The summed E-state index contributed by atoms with van der Waals surface area (Å²) in [4.78, 5) is 115. The summed E-state index contributed by atoms with van der Waals surface area (Å²) in [5.41, 5.74) is 0.692. The van der Waals surface area contributed by atoms with Crippen LogP contribution in [0.2, 0.25) is 0 Å².